The first-order valence-electron chi connectivity index (χ1n) is 6.25. The maximum Gasteiger partial charge on any atom is 0.215 e. The van der Waals surface area contributed by atoms with Crippen molar-refractivity contribution in [3.8, 4) is 0 Å². The molecule has 0 amide bonds. The van der Waals surface area contributed by atoms with Crippen molar-refractivity contribution in [3.63, 3.8) is 0 Å². The van der Waals surface area contributed by atoms with E-state index in [0.717, 1.165) is 13.1 Å². The number of halogens is 2. The van der Waals surface area contributed by atoms with Gasteiger partial charge in [0, 0.05) is 26.2 Å². The van der Waals surface area contributed by atoms with Gasteiger partial charge in [-0.05, 0) is 17.7 Å². The van der Waals surface area contributed by atoms with Crippen LogP contribution in [0.4, 0.5) is 4.39 Å². The monoisotopic (exact) mass is 318 g/mol. The SMILES string of the molecule is O=S(=O)(Cc1ccc(F)c(Cl)c1)NCCN1CC=CC1. The molecule has 0 saturated heterocycles. The predicted molar refractivity (Wildman–Crippen MR) is 77.6 cm³/mol. The number of benzene rings is 1. The van der Waals surface area contributed by atoms with Crippen LogP contribution >= 0.6 is 11.6 Å². The summed E-state index contributed by atoms with van der Waals surface area (Å²) in [5.41, 5.74) is 0.465. The fraction of sp³-hybridized carbons (Fsp3) is 0.385. The Bertz CT molecular complexity index is 596. The molecular weight excluding hydrogens is 303 g/mol. The number of hydrogen-bond acceptors (Lipinski definition) is 3. The summed E-state index contributed by atoms with van der Waals surface area (Å²) in [6.07, 6.45) is 4.10. The van der Waals surface area contributed by atoms with Crippen LogP contribution in [0, 0.1) is 5.82 Å². The number of nitrogens with one attached hydrogen (secondary N) is 1. The summed E-state index contributed by atoms with van der Waals surface area (Å²) in [5.74, 6) is -0.757. The van der Waals surface area contributed by atoms with Gasteiger partial charge in [0.1, 0.15) is 5.82 Å². The molecule has 0 fully saturated rings. The van der Waals surface area contributed by atoms with Crippen LogP contribution in [-0.4, -0.2) is 39.5 Å². The molecule has 110 valence electrons. The second kappa shape index (κ2) is 6.67. The van der Waals surface area contributed by atoms with E-state index in [0.29, 0.717) is 18.7 Å². The van der Waals surface area contributed by atoms with Gasteiger partial charge in [-0.15, -0.1) is 0 Å². The molecule has 0 bridgehead atoms. The van der Waals surface area contributed by atoms with Crippen LogP contribution in [0.3, 0.4) is 0 Å². The van der Waals surface area contributed by atoms with Crippen molar-refractivity contribution in [3.05, 3.63) is 46.8 Å². The van der Waals surface area contributed by atoms with Crippen LogP contribution in [-0.2, 0) is 15.8 Å². The highest BCUT2D eigenvalue weighted by Gasteiger charge is 2.13. The molecule has 0 aliphatic carbocycles. The van der Waals surface area contributed by atoms with Crippen molar-refractivity contribution in [1.82, 2.24) is 9.62 Å². The molecule has 20 heavy (non-hydrogen) atoms. The van der Waals surface area contributed by atoms with Crippen LogP contribution in [0.2, 0.25) is 5.02 Å². The van der Waals surface area contributed by atoms with E-state index < -0.39 is 15.8 Å². The number of nitrogens with zero attached hydrogens (tertiary/aromatic N) is 1. The van der Waals surface area contributed by atoms with E-state index in [1.165, 1.54) is 18.2 Å². The lowest BCUT2D eigenvalue weighted by atomic mass is 10.2. The van der Waals surface area contributed by atoms with Gasteiger partial charge in [-0.1, -0.05) is 29.8 Å². The van der Waals surface area contributed by atoms with Gasteiger partial charge < -0.3 is 0 Å². The maximum absolute atomic E-state index is 13.0. The fourth-order valence-electron chi connectivity index (χ4n) is 1.96. The molecule has 0 saturated carbocycles. The topological polar surface area (TPSA) is 49.4 Å². The fourth-order valence-corrected chi connectivity index (χ4v) is 3.29. The average Bonchev–Trinajstić information content (AvgIpc) is 2.86. The summed E-state index contributed by atoms with van der Waals surface area (Å²) in [4.78, 5) is 2.12. The van der Waals surface area contributed by atoms with E-state index >= 15 is 0 Å². The van der Waals surface area contributed by atoms with E-state index in [-0.39, 0.29) is 10.8 Å². The minimum absolute atomic E-state index is 0.0687. The Morgan fingerprint density at radius 1 is 1.30 bits per heavy atom. The van der Waals surface area contributed by atoms with Gasteiger partial charge in [0.2, 0.25) is 10.0 Å². The lowest BCUT2D eigenvalue weighted by Gasteiger charge is -2.15. The van der Waals surface area contributed by atoms with E-state index in [9.17, 15) is 12.8 Å². The molecule has 1 N–H and O–H groups in total. The third-order valence-electron chi connectivity index (χ3n) is 2.98. The zero-order valence-electron chi connectivity index (χ0n) is 10.9. The lowest BCUT2D eigenvalue weighted by Crippen LogP contribution is -2.34. The van der Waals surface area contributed by atoms with Crippen molar-refractivity contribution in [2.75, 3.05) is 26.2 Å². The van der Waals surface area contributed by atoms with Crippen molar-refractivity contribution in [1.29, 1.82) is 0 Å². The van der Waals surface area contributed by atoms with Crippen LogP contribution in [0.15, 0.2) is 30.4 Å². The molecule has 1 aromatic carbocycles. The summed E-state index contributed by atoms with van der Waals surface area (Å²) < 4.78 is 39.3. The van der Waals surface area contributed by atoms with Gasteiger partial charge in [0.05, 0.1) is 10.8 Å². The molecule has 7 heteroatoms. The van der Waals surface area contributed by atoms with Crippen LogP contribution in [0.25, 0.3) is 0 Å². The second-order valence-electron chi connectivity index (χ2n) is 4.63. The minimum Gasteiger partial charge on any atom is -0.295 e. The molecular formula is C13H16ClFN2O2S. The Hall–Kier alpha value is -0.950. The predicted octanol–water partition coefficient (Wildman–Crippen LogP) is 1.77. The van der Waals surface area contributed by atoms with Gasteiger partial charge in [0.25, 0.3) is 0 Å². The maximum atomic E-state index is 13.0. The molecule has 1 heterocycles. The molecule has 0 radical (unpaired) electrons. The third kappa shape index (κ3) is 4.56. The van der Waals surface area contributed by atoms with E-state index in [4.69, 9.17) is 11.6 Å². The standard InChI is InChI=1S/C13H16ClFN2O2S/c14-12-9-11(3-4-13(12)15)10-20(18,19)16-5-8-17-6-1-2-7-17/h1-4,9,16H,5-8,10H2. The van der Waals surface area contributed by atoms with Crippen molar-refractivity contribution in [2.45, 2.75) is 5.75 Å². The molecule has 0 unspecified atom stereocenters. The van der Waals surface area contributed by atoms with Crippen LogP contribution in [0.1, 0.15) is 5.56 Å². The molecule has 2 rings (SSSR count). The van der Waals surface area contributed by atoms with Gasteiger partial charge in [-0.3, -0.25) is 4.90 Å². The number of hydrogen-bond donors (Lipinski definition) is 1. The number of sulfonamides is 1. The summed E-state index contributed by atoms with van der Waals surface area (Å²) in [6.45, 7) is 2.74. The Morgan fingerprint density at radius 3 is 2.65 bits per heavy atom. The highest BCUT2D eigenvalue weighted by molar-refractivity contribution is 7.88. The summed E-state index contributed by atoms with van der Waals surface area (Å²) in [6, 6.07) is 3.93. The summed E-state index contributed by atoms with van der Waals surface area (Å²) in [7, 11) is -3.43. The van der Waals surface area contributed by atoms with Crippen molar-refractivity contribution in [2.24, 2.45) is 0 Å². The first-order valence-corrected chi connectivity index (χ1v) is 8.28. The van der Waals surface area contributed by atoms with Crippen LogP contribution < -0.4 is 4.72 Å². The number of rotatable bonds is 6. The second-order valence-corrected chi connectivity index (χ2v) is 6.85. The largest absolute Gasteiger partial charge is 0.295 e. The average molecular weight is 319 g/mol. The van der Waals surface area contributed by atoms with E-state index in [1.807, 2.05) is 0 Å². The highest BCUT2D eigenvalue weighted by Crippen LogP contribution is 2.17. The summed E-state index contributed by atoms with van der Waals surface area (Å²) >= 11 is 5.63. The van der Waals surface area contributed by atoms with E-state index in [2.05, 4.69) is 21.8 Å². The Balaban J connectivity index is 1.85. The normalized spacial score (nSPS) is 15.9. The molecule has 0 atom stereocenters. The van der Waals surface area contributed by atoms with Gasteiger partial charge in [-0.2, -0.15) is 0 Å². The zero-order valence-corrected chi connectivity index (χ0v) is 12.4. The van der Waals surface area contributed by atoms with E-state index in [1.54, 1.807) is 0 Å². The van der Waals surface area contributed by atoms with Gasteiger partial charge in [0.15, 0.2) is 0 Å². The first kappa shape index (κ1) is 15.4. The van der Waals surface area contributed by atoms with Crippen LogP contribution in [0.5, 0.6) is 0 Å². The van der Waals surface area contributed by atoms with Crippen molar-refractivity contribution >= 4 is 21.6 Å². The molecule has 0 aromatic heterocycles. The smallest absolute Gasteiger partial charge is 0.215 e. The molecule has 4 nitrogen and oxygen atoms in total. The quantitative estimate of drug-likeness (QED) is 0.813. The lowest BCUT2D eigenvalue weighted by molar-refractivity contribution is 0.357. The van der Waals surface area contributed by atoms with Crippen molar-refractivity contribution < 1.29 is 12.8 Å². The van der Waals surface area contributed by atoms with Gasteiger partial charge >= 0.3 is 0 Å². The molecule has 1 aliphatic rings. The molecule has 1 aromatic rings. The molecule has 1 aliphatic heterocycles. The zero-order chi connectivity index (χ0) is 14.6. The highest BCUT2D eigenvalue weighted by atomic mass is 35.5. The summed E-state index contributed by atoms with van der Waals surface area (Å²) in [5, 5.41) is -0.0687. The Morgan fingerprint density at radius 2 is 2.00 bits per heavy atom. The molecule has 0 spiro atoms. The Labute approximate surface area is 123 Å². The van der Waals surface area contributed by atoms with Gasteiger partial charge in [-0.25, -0.2) is 17.5 Å². The Kier molecular flexibility index (Phi) is 5.15. The third-order valence-corrected chi connectivity index (χ3v) is 4.63. The minimum atomic E-state index is -3.43. The first-order chi connectivity index (χ1) is 9.46.